The molecule has 1 aliphatic rings. The lowest BCUT2D eigenvalue weighted by Gasteiger charge is -2.16. The van der Waals surface area contributed by atoms with Crippen molar-refractivity contribution in [3.8, 4) is 33.6 Å². The third-order valence-electron chi connectivity index (χ3n) is 5.32. The Balaban J connectivity index is 1.33. The van der Waals surface area contributed by atoms with Crippen molar-refractivity contribution >= 4 is 16.6 Å². The molecule has 156 valence electrons. The standard InChI is InChI=1S/C24H20N2O4S/c25-16-6-10-18(11-7-16)29-21-3-1-2-19-20(21)12-13-22(19)30-17-8-4-15(5-9-17)23-14-24(27)26-31(23)28/h1-11,14,22H,12-13,25H2,(H,26,27)/t22-,31?/m1/s1. The van der Waals surface area contributed by atoms with Crippen LogP contribution < -0.4 is 15.2 Å². The predicted octanol–water partition coefficient (Wildman–Crippen LogP) is 5.62. The van der Waals surface area contributed by atoms with Gasteiger partial charge in [0.2, 0.25) is 4.88 Å². The van der Waals surface area contributed by atoms with Crippen molar-refractivity contribution in [2.24, 2.45) is 0 Å². The highest BCUT2D eigenvalue weighted by Crippen LogP contribution is 2.41. The highest BCUT2D eigenvalue weighted by atomic mass is 32.2. The molecule has 3 aromatic carbocycles. The average molecular weight is 433 g/mol. The Hall–Kier alpha value is -3.55. The van der Waals surface area contributed by atoms with Gasteiger partial charge in [-0.25, -0.2) is 0 Å². The lowest BCUT2D eigenvalue weighted by atomic mass is 10.1. The van der Waals surface area contributed by atoms with Gasteiger partial charge in [-0.05, 0) is 73.0 Å². The number of anilines is 1. The second-order valence-corrected chi connectivity index (χ2v) is 8.49. The molecule has 5 rings (SSSR count). The first-order valence-corrected chi connectivity index (χ1v) is 11.0. The van der Waals surface area contributed by atoms with Gasteiger partial charge >= 0.3 is 0 Å². The van der Waals surface area contributed by atoms with E-state index in [1.807, 2.05) is 60.7 Å². The van der Waals surface area contributed by atoms with E-state index >= 15 is 0 Å². The molecule has 6 nitrogen and oxygen atoms in total. The topological polar surface area (TPSA) is 101 Å². The molecule has 0 amide bonds. The third kappa shape index (κ3) is 3.93. The van der Waals surface area contributed by atoms with Crippen molar-refractivity contribution in [3.05, 3.63) is 83.9 Å². The third-order valence-corrected chi connectivity index (χ3v) is 6.41. The lowest BCUT2D eigenvalue weighted by molar-refractivity contribution is 0.207. The Kier molecular flexibility index (Phi) is 4.97. The van der Waals surface area contributed by atoms with Crippen LogP contribution in [0.25, 0.3) is 10.4 Å². The number of aromatic hydroxyl groups is 1. The number of rotatable bonds is 5. The molecule has 0 aliphatic heterocycles. The summed E-state index contributed by atoms with van der Waals surface area (Å²) in [7, 11) is -1.57. The second kappa shape index (κ2) is 7.94. The van der Waals surface area contributed by atoms with Gasteiger partial charge in [0, 0.05) is 21.2 Å². The molecule has 0 saturated heterocycles. The van der Waals surface area contributed by atoms with Gasteiger partial charge in [0.15, 0.2) is 0 Å². The van der Waals surface area contributed by atoms with Crippen LogP contribution in [0.2, 0.25) is 0 Å². The molecule has 1 aliphatic carbocycles. The molecule has 1 unspecified atom stereocenters. The summed E-state index contributed by atoms with van der Waals surface area (Å²) in [6, 6.07) is 22.1. The number of hydrogen-bond donors (Lipinski definition) is 2. The van der Waals surface area contributed by atoms with Crippen LogP contribution in [0.4, 0.5) is 5.69 Å². The van der Waals surface area contributed by atoms with Crippen LogP contribution in [0.3, 0.4) is 0 Å². The van der Waals surface area contributed by atoms with E-state index in [2.05, 4.69) is 10.4 Å². The zero-order chi connectivity index (χ0) is 21.4. The number of nitrogens with two attached hydrogens (primary N) is 1. The molecule has 0 radical (unpaired) electrons. The first-order chi connectivity index (χ1) is 15.1. The molecule has 1 aromatic heterocycles. The molecule has 0 bridgehead atoms. The van der Waals surface area contributed by atoms with Gasteiger partial charge in [0.25, 0.3) is 5.88 Å². The Bertz CT molecular complexity index is 1220. The Labute approximate surface area is 182 Å². The van der Waals surface area contributed by atoms with Gasteiger partial charge in [-0.2, -0.15) is 0 Å². The molecule has 1 heterocycles. The number of nitrogens with zero attached hydrogens (tertiary/aromatic N) is 1. The van der Waals surface area contributed by atoms with E-state index in [-0.39, 0.29) is 12.0 Å². The summed E-state index contributed by atoms with van der Waals surface area (Å²) < 4.78 is 27.9. The predicted molar refractivity (Wildman–Crippen MR) is 119 cm³/mol. The van der Waals surface area contributed by atoms with Gasteiger partial charge in [-0.1, -0.05) is 12.1 Å². The Morgan fingerprint density at radius 3 is 2.45 bits per heavy atom. The van der Waals surface area contributed by atoms with Crippen LogP contribution in [0, 0.1) is 0 Å². The molecule has 0 fully saturated rings. The number of nitrogen functional groups attached to an aromatic ring is 1. The highest BCUT2D eigenvalue weighted by Gasteiger charge is 2.27. The van der Waals surface area contributed by atoms with Crippen LogP contribution in [0.15, 0.2) is 72.8 Å². The maximum Gasteiger partial charge on any atom is 0.270 e. The van der Waals surface area contributed by atoms with Gasteiger partial charge in [0.05, 0.1) is 17.0 Å². The lowest BCUT2D eigenvalue weighted by Crippen LogP contribution is -2.03. The molecule has 4 aromatic rings. The molecule has 0 spiro atoms. The van der Waals surface area contributed by atoms with Gasteiger partial charge in [-0.3, -0.25) is 0 Å². The minimum atomic E-state index is -1.57. The van der Waals surface area contributed by atoms with Crippen molar-refractivity contribution in [1.82, 2.24) is 4.37 Å². The monoisotopic (exact) mass is 432 g/mol. The van der Waals surface area contributed by atoms with Crippen LogP contribution in [-0.2, 0) is 6.42 Å². The fourth-order valence-electron chi connectivity index (χ4n) is 3.84. The summed E-state index contributed by atoms with van der Waals surface area (Å²) in [5.74, 6) is 2.09. The van der Waals surface area contributed by atoms with Crippen molar-refractivity contribution in [2.45, 2.75) is 18.9 Å². The maximum atomic E-state index is 11.9. The zero-order valence-corrected chi connectivity index (χ0v) is 17.3. The normalized spacial score (nSPS) is 15.5. The minimum absolute atomic E-state index is 0.0666. The first kappa shape index (κ1) is 19.4. The van der Waals surface area contributed by atoms with Crippen LogP contribution in [0.1, 0.15) is 23.7 Å². The minimum Gasteiger partial charge on any atom is -0.568 e. The molecule has 3 N–H and O–H groups in total. The fourth-order valence-corrected chi connectivity index (χ4v) is 4.70. The Morgan fingerprint density at radius 2 is 1.74 bits per heavy atom. The summed E-state index contributed by atoms with van der Waals surface area (Å²) in [6.07, 6.45) is 1.66. The Morgan fingerprint density at radius 1 is 1.00 bits per heavy atom. The van der Waals surface area contributed by atoms with E-state index in [1.54, 1.807) is 0 Å². The molecular weight excluding hydrogens is 412 g/mol. The largest absolute Gasteiger partial charge is 0.568 e. The van der Waals surface area contributed by atoms with Crippen molar-refractivity contribution < 1.29 is 19.1 Å². The van der Waals surface area contributed by atoms with E-state index in [1.165, 1.54) is 6.07 Å². The highest BCUT2D eigenvalue weighted by molar-refractivity contribution is 7.23. The van der Waals surface area contributed by atoms with Crippen LogP contribution in [-0.4, -0.2) is 14.0 Å². The van der Waals surface area contributed by atoms with Crippen molar-refractivity contribution in [2.75, 3.05) is 5.73 Å². The molecule has 0 saturated carbocycles. The van der Waals surface area contributed by atoms with E-state index in [9.17, 15) is 9.66 Å². The van der Waals surface area contributed by atoms with E-state index in [4.69, 9.17) is 15.2 Å². The second-order valence-electron chi connectivity index (χ2n) is 7.37. The zero-order valence-electron chi connectivity index (χ0n) is 16.5. The number of ether oxygens (including phenoxy) is 2. The molecule has 31 heavy (non-hydrogen) atoms. The van der Waals surface area contributed by atoms with Gasteiger partial charge < -0.3 is 24.9 Å². The average Bonchev–Trinajstić information content (AvgIpc) is 3.33. The molecule has 7 heteroatoms. The van der Waals surface area contributed by atoms with E-state index in [0.717, 1.165) is 46.8 Å². The first-order valence-electron chi connectivity index (χ1n) is 9.90. The van der Waals surface area contributed by atoms with E-state index in [0.29, 0.717) is 10.6 Å². The summed E-state index contributed by atoms with van der Waals surface area (Å²) in [5, 5.41) is 9.44. The quantitative estimate of drug-likeness (QED) is 0.313. The number of aromatic nitrogens is 1. The van der Waals surface area contributed by atoms with E-state index < -0.39 is 10.9 Å². The maximum absolute atomic E-state index is 11.9. The molecule has 2 atom stereocenters. The fraction of sp³-hybridized carbons (Fsp3) is 0.125. The van der Waals surface area contributed by atoms with Crippen LogP contribution >= 0.6 is 10.9 Å². The number of fused-ring (bicyclic) bond motifs is 1. The summed E-state index contributed by atoms with van der Waals surface area (Å²) in [6.45, 7) is 0. The number of hydrogen-bond acceptors (Lipinski definition) is 6. The summed E-state index contributed by atoms with van der Waals surface area (Å²) >= 11 is 0. The van der Waals surface area contributed by atoms with Gasteiger partial charge in [-0.15, -0.1) is 0 Å². The van der Waals surface area contributed by atoms with Gasteiger partial charge in [0.1, 0.15) is 23.4 Å². The van der Waals surface area contributed by atoms with Crippen molar-refractivity contribution in [1.29, 1.82) is 0 Å². The summed E-state index contributed by atoms with van der Waals surface area (Å²) in [5.41, 5.74) is 9.46. The SMILES string of the molecule is Nc1ccc(Oc2cccc3c2CC[C@H]3Oc2ccc(-c3cc(O)n[s+]3[O-])cc2)cc1. The number of benzene rings is 3. The molecular formula is C24H20N2O4S. The van der Waals surface area contributed by atoms with Crippen LogP contribution in [0.5, 0.6) is 23.1 Å². The summed E-state index contributed by atoms with van der Waals surface area (Å²) in [4.78, 5) is 0.486. The van der Waals surface area contributed by atoms with Crippen molar-refractivity contribution in [3.63, 3.8) is 0 Å². The smallest absolute Gasteiger partial charge is 0.270 e.